The molecule has 2 heterocycles. The number of hydrogen-bond acceptors (Lipinski definition) is 3. The average Bonchev–Trinajstić information content (AvgIpc) is 3.89. The Balaban J connectivity index is 0.00000810. The van der Waals surface area contributed by atoms with Gasteiger partial charge in [0, 0.05) is 55.0 Å². The van der Waals surface area contributed by atoms with Gasteiger partial charge in [-0.25, -0.2) is 4.98 Å². The molecule has 8 aromatic carbocycles. The van der Waals surface area contributed by atoms with Gasteiger partial charge in [-0.15, -0.1) is 23.8 Å². The number of fused-ring (bicyclic) bond motifs is 1. The molecule has 10 aromatic rings. The third kappa shape index (κ3) is 9.34. The summed E-state index contributed by atoms with van der Waals surface area (Å²) in [6.45, 7) is -2.52. The number of rotatable bonds is 8. The minimum Gasteiger partial charge on any atom is -0.507 e. The zero-order valence-corrected chi connectivity index (χ0v) is 41.7. The quantitative estimate of drug-likeness (QED) is 0.154. The zero-order valence-electron chi connectivity index (χ0n) is 51.4. The molecule has 4 nitrogen and oxygen atoms in total. The first-order valence-corrected chi connectivity index (χ1v) is 22.9. The molecule has 0 bridgehead atoms. The molecular weight excluding hydrogens is 1030 g/mol. The summed E-state index contributed by atoms with van der Waals surface area (Å²) < 4.78 is 103. The molecular formula is C65H58N3OPt-. The van der Waals surface area contributed by atoms with Gasteiger partial charge in [0.2, 0.25) is 0 Å². The van der Waals surface area contributed by atoms with E-state index in [-0.39, 0.29) is 43.4 Å². The topological polar surface area (TPSA) is 50.9 Å². The summed E-state index contributed by atoms with van der Waals surface area (Å²) >= 11 is 0. The molecule has 0 radical (unpaired) electrons. The Labute approximate surface area is 444 Å². The Morgan fingerprint density at radius 2 is 1.16 bits per heavy atom. The van der Waals surface area contributed by atoms with Crippen LogP contribution in [0.15, 0.2) is 182 Å². The summed E-state index contributed by atoms with van der Waals surface area (Å²) in [6, 6.07) is 57.8. The van der Waals surface area contributed by atoms with Crippen LogP contribution in [0.3, 0.4) is 0 Å². The maximum atomic E-state index is 12.1. The number of imidazole rings is 1. The van der Waals surface area contributed by atoms with Crippen LogP contribution in [-0.4, -0.2) is 19.6 Å². The van der Waals surface area contributed by atoms with E-state index in [0.717, 1.165) is 38.9 Å². The number of phenols is 1. The predicted molar refractivity (Wildman–Crippen MR) is 289 cm³/mol. The van der Waals surface area contributed by atoms with Crippen LogP contribution in [0.4, 0.5) is 0 Å². The normalized spacial score (nSPS) is 15.0. The van der Waals surface area contributed by atoms with E-state index >= 15 is 0 Å². The molecule has 0 aliphatic carbocycles. The Hall–Kier alpha value is -7.13. The largest absolute Gasteiger partial charge is 0.507 e. The molecule has 0 fully saturated rings. The fourth-order valence-corrected chi connectivity index (χ4v) is 9.20. The number of nitrogens with zero attached hydrogens (tertiary/aromatic N) is 3. The van der Waals surface area contributed by atoms with Crippen molar-refractivity contribution in [3.63, 3.8) is 0 Å². The number of phenolic OH excluding ortho intramolecular Hbond substituents is 1. The minimum absolute atomic E-state index is 0. The van der Waals surface area contributed by atoms with Gasteiger partial charge >= 0.3 is 0 Å². The Bertz CT molecular complexity index is 3960. The van der Waals surface area contributed by atoms with Crippen molar-refractivity contribution in [3.8, 4) is 89.7 Å². The van der Waals surface area contributed by atoms with E-state index in [4.69, 9.17) is 26.4 Å². The van der Waals surface area contributed by atoms with Gasteiger partial charge in [-0.05, 0) is 123 Å². The second kappa shape index (κ2) is 19.0. The summed E-state index contributed by atoms with van der Waals surface area (Å²) in [5, 5.41) is 12.1. The summed E-state index contributed by atoms with van der Waals surface area (Å²) in [5.74, 6) is 0.408. The number of aryl methyl sites for hydroxylation is 3. The Morgan fingerprint density at radius 3 is 1.83 bits per heavy atom. The molecule has 350 valence electrons. The van der Waals surface area contributed by atoms with Gasteiger partial charge < -0.3 is 5.11 Å². The number of para-hydroxylation sites is 1. The first kappa shape index (κ1) is 35.0. The molecule has 0 aliphatic rings. The van der Waals surface area contributed by atoms with Crippen molar-refractivity contribution in [1.29, 1.82) is 0 Å². The van der Waals surface area contributed by atoms with Crippen molar-refractivity contribution in [3.05, 3.63) is 216 Å². The number of aromatic nitrogens is 3. The van der Waals surface area contributed by atoms with Crippen molar-refractivity contribution in [2.24, 2.45) is 0 Å². The van der Waals surface area contributed by atoms with Gasteiger partial charge in [0.05, 0.1) is 22.3 Å². The van der Waals surface area contributed by atoms with E-state index in [1.165, 1.54) is 24.3 Å². The van der Waals surface area contributed by atoms with Gasteiger partial charge in [0.1, 0.15) is 11.6 Å². The molecule has 0 atom stereocenters. The second-order valence-corrected chi connectivity index (χ2v) is 18.8. The maximum absolute atomic E-state index is 12.1. The Morgan fingerprint density at radius 1 is 0.529 bits per heavy atom. The maximum Gasteiger partial charge on any atom is 0.148 e. The smallest absolute Gasteiger partial charge is 0.148 e. The third-order valence-electron chi connectivity index (χ3n) is 12.8. The van der Waals surface area contributed by atoms with Gasteiger partial charge in [-0.1, -0.05) is 191 Å². The second-order valence-electron chi connectivity index (χ2n) is 18.8. The first-order chi connectivity index (χ1) is 38.1. The van der Waals surface area contributed by atoms with E-state index in [0.29, 0.717) is 72.7 Å². The van der Waals surface area contributed by atoms with Crippen LogP contribution in [0.2, 0.25) is 0 Å². The van der Waals surface area contributed by atoms with Crippen molar-refractivity contribution in [2.45, 2.75) is 72.9 Å². The van der Waals surface area contributed by atoms with Gasteiger partial charge in [-0.3, -0.25) is 9.55 Å². The molecule has 10 rings (SSSR count). The van der Waals surface area contributed by atoms with E-state index in [2.05, 4.69) is 51.1 Å². The standard InChI is InChI=1S/C65H58N3O.Pt/c1-41-33-43(3)62(69)57(34-41)63-67-61-54(50-36-49(44-17-12-10-13-18-44)37-51(38-50)58-39-48(31-32-66-58)45-23-27-52(28-24-45)64(4,5)6)21-16-22-59(61)68(63)60-35-42(2)55(46-19-14-11-15-20-46)40-56(60)47-25-29-53(30-26-47)65(7,8)9;/h10-37,39-40,69H,1-9H3;/q-1;/i2D3,4D3,5D3,6D3;. The molecule has 1 N–H and O–H groups in total. The van der Waals surface area contributed by atoms with Crippen LogP contribution < -0.4 is 0 Å². The van der Waals surface area contributed by atoms with Crippen LogP contribution >= 0.6 is 0 Å². The molecule has 0 unspecified atom stereocenters. The van der Waals surface area contributed by atoms with Gasteiger partial charge in [-0.2, -0.15) is 0 Å². The number of aromatic hydroxyl groups is 1. The predicted octanol–water partition coefficient (Wildman–Crippen LogP) is 17.1. The van der Waals surface area contributed by atoms with E-state index in [1.54, 1.807) is 18.3 Å². The minimum atomic E-state index is -3.41. The molecule has 0 aliphatic heterocycles. The average molecular weight is 1100 g/mol. The SMILES string of the molecule is [2H]C([2H])([2H])c1cc(-n2c(-c3cc(C)cc(C)c3O)nc3c(-c4[c-]c(-c5cc(-c6ccc(C(C([2H])([2H])[2H])(C([2H])([2H])[2H])C([2H])([2H])[2H])cc6)ccn5)cc(-c5ccccc5)c4)cccc32)c(-c2ccc(C(C)(C)C)cc2)cc1-c1ccccc1.[Pt]. The third-order valence-corrected chi connectivity index (χ3v) is 12.8. The molecule has 0 amide bonds. The molecule has 2 aromatic heterocycles. The summed E-state index contributed by atoms with van der Waals surface area (Å²) in [4.78, 5) is 10.3. The fourth-order valence-electron chi connectivity index (χ4n) is 9.20. The van der Waals surface area contributed by atoms with Crippen LogP contribution in [-0.2, 0) is 31.9 Å². The molecule has 0 spiro atoms. The van der Waals surface area contributed by atoms with Crippen molar-refractivity contribution >= 4 is 11.0 Å². The van der Waals surface area contributed by atoms with E-state index < -0.39 is 32.8 Å². The van der Waals surface area contributed by atoms with Crippen molar-refractivity contribution in [1.82, 2.24) is 14.5 Å². The summed E-state index contributed by atoms with van der Waals surface area (Å²) in [5.41, 5.74) is 9.53. The fraction of sp³-hybridized carbons (Fsp3) is 0.169. The van der Waals surface area contributed by atoms with Gasteiger partial charge in [0.15, 0.2) is 0 Å². The monoisotopic (exact) mass is 1100 g/mol. The molecule has 0 saturated heterocycles. The van der Waals surface area contributed by atoms with E-state index in [1.807, 2.05) is 134 Å². The van der Waals surface area contributed by atoms with Crippen molar-refractivity contribution in [2.75, 3.05) is 0 Å². The molecule has 70 heavy (non-hydrogen) atoms. The van der Waals surface area contributed by atoms with Crippen molar-refractivity contribution < 1.29 is 42.6 Å². The Kier molecular flexibility index (Phi) is 9.51. The molecule has 5 heteroatoms. The van der Waals surface area contributed by atoms with Crippen LogP contribution in [0.25, 0.3) is 95.0 Å². The van der Waals surface area contributed by atoms with E-state index in [9.17, 15) is 5.11 Å². The van der Waals surface area contributed by atoms with Gasteiger partial charge in [0.25, 0.3) is 0 Å². The zero-order chi connectivity index (χ0) is 58.2. The number of pyridine rings is 1. The van der Waals surface area contributed by atoms with Crippen LogP contribution in [0.1, 0.15) is 85.6 Å². The van der Waals surface area contributed by atoms with Crippen LogP contribution in [0, 0.1) is 26.8 Å². The first-order valence-electron chi connectivity index (χ1n) is 28.9. The summed E-state index contributed by atoms with van der Waals surface area (Å²) in [7, 11) is 0. The molecule has 0 saturated carbocycles. The number of hydrogen-bond donors (Lipinski definition) is 1. The summed E-state index contributed by atoms with van der Waals surface area (Å²) in [6.07, 6.45) is 1.62. The number of benzene rings is 8. The van der Waals surface area contributed by atoms with Crippen LogP contribution in [0.5, 0.6) is 5.75 Å².